The molecule has 1 aromatic heterocycles. The first-order valence-corrected chi connectivity index (χ1v) is 11.9. The first-order valence-electron chi connectivity index (χ1n) is 11.9. The second kappa shape index (κ2) is 9.25. The summed E-state index contributed by atoms with van der Waals surface area (Å²) in [7, 11) is 0. The van der Waals surface area contributed by atoms with Crippen molar-refractivity contribution in [2.45, 2.75) is 45.7 Å². The van der Waals surface area contributed by atoms with Crippen LogP contribution in [0.25, 0.3) is 10.9 Å². The highest BCUT2D eigenvalue weighted by Crippen LogP contribution is 2.29. The third-order valence-corrected chi connectivity index (χ3v) is 6.81. The number of anilines is 1. The molecule has 1 aromatic carbocycles. The van der Waals surface area contributed by atoms with Crippen LogP contribution in [0.1, 0.15) is 31.9 Å². The lowest BCUT2D eigenvalue weighted by Crippen LogP contribution is -2.43. The summed E-state index contributed by atoms with van der Waals surface area (Å²) in [5.41, 5.74) is 4.22. The normalized spacial score (nSPS) is 21.8. The Morgan fingerprint density at radius 3 is 2.97 bits per heavy atom. The van der Waals surface area contributed by atoms with Gasteiger partial charge in [0.2, 0.25) is 5.91 Å². The fourth-order valence-corrected chi connectivity index (χ4v) is 5.04. The first kappa shape index (κ1) is 22.1. The van der Waals surface area contributed by atoms with Crippen molar-refractivity contribution in [2.24, 2.45) is 10.9 Å². The number of hydrogen-bond donors (Lipinski definition) is 1. The highest BCUT2D eigenvalue weighted by Gasteiger charge is 2.25. The standard InChI is InChI=1S/C27H29N5O2/c1-3-31-21(9-6-13-25(31)33)17-32-24-12-7-11-23(26(24)18(2)30-32)29-27(34)20-15-14-19-8-4-5-10-22(19)28-16-20/h4-8,10-13,16,19,21H,3,9,14-15,17H2,1-2H3,(H,29,34). The molecule has 0 radical (unpaired) electrons. The molecule has 2 aliphatic heterocycles. The fraction of sp³-hybridized carbons (Fsp3) is 0.333. The van der Waals surface area contributed by atoms with Crippen LogP contribution in [0.4, 0.5) is 5.69 Å². The number of aliphatic imine (C=N–C) groups is 1. The molecule has 3 aliphatic rings. The summed E-state index contributed by atoms with van der Waals surface area (Å²) in [5, 5.41) is 8.81. The molecule has 5 rings (SSSR count). The number of fused-ring (bicyclic) bond motifs is 2. The molecule has 34 heavy (non-hydrogen) atoms. The van der Waals surface area contributed by atoms with Gasteiger partial charge in [-0.15, -0.1) is 0 Å². The van der Waals surface area contributed by atoms with Gasteiger partial charge >= 0.3 is 0 Å². The molecule has 0 fully saturated rings. The number of nitrogens with zero attached hydrogens (tertiary/aromatic N) is 4. The third kappa shape index (κ3) is 4.14. The smallest absolute Gasteiger partial charge is 0.253 e. The van der Waals surface area contributed by atoms with Crippen molar-refractivity contribution in [3.05, 3.63) is 72.1 Å². The van der Waals surface area contributed by atoms with Crippen LogP contribution in [0.15, 0.2) is 71.4 Å². The van der Waals surface area contributed by atoms with Crippen molar-refractivity contribution >= 4 is 34.1 Å². The van der Waals surface area contributed by atoms with Gasteiger partial charge in [0.15, 0.2) is 0 Å². The van der Waals surface area contributed by atoms with Crippen molar-refractivity contribution in [3.8, 4) is 0 Å². The van der Waals surface area contributed by atoms with Crippen LogP contribution in [0.3, 0.4) is 0 Å². The van der Waals surface area contributed by atoms with E-state index in [2.05, 4.69) is 16.4 Å². The largest absolute Gasteiger partial charge is 0.334 e. The second-order valence-electron chi connectivity index (χ2n) is 8.93. The highest BCUT2D eigenvalue weighted by atomic mass is 16.2. The van der Waals surface area contributed by atoms with Crippen molar-refractivity contribution < 1.29 is 9.59 Å². The topological polar surface area (TPSA) is 79.6 Å². The molecule has 0 spiro atoms. The second-order valence-corrected chi connectivity index (χ2v) is 8.93. The van der Waals surface area contributed by atoms with Crippen LogP contribution >= 0.6 is 0 Å². The maximum atomic E-state index is 13.2. The maximum absolute atomic E-state index is 13.2. The quantitative estimate of drug-likeness (QED) is 0.729. The van der Waals surface area contributed by atoms with Crippen LogP contribution in [0.5, 0.6) is 0 Å². The van der Waals surface area contributed by atoms with Crippen LogP contribution < -0.4 is 5.32 Å². The Hall–Kier alpha value is -3.74. The number of allylic oxidation sites excluding steroid dienone is 4. The lowest BCUT2D eigenvalue weighted by molar-refractivity contribution is -0.129. The Labute approximate surface area is 199 Å². The van der Waals surface area contributed by atoms with Gasteiger partial charge in [0, 0.05) is 35.3 Å². The predicted molar refractivity (Wildman–Crippen MR) is 135 cm³/mol. The molecule has 0 bridgehead atoms. The van der Waals surface area contributed by atoms with Crippen molar-refractivity contribution in [1.82, 2.24) is 14.7 Å². The Morgan fingerprint density at radius 2 is 2.12 bits per heavy atom. The SMILES string of the molecule is CCN1C(=O)C=CCC1Cn1nc(C)c2c(NC(=O)C3=CN=C4C=CC=CC4CC3)cccc21. The Kier molecular flexibility index (Phi) is 6.01. The third-order valence-electron chi connectivity index (χ3n) is 6.81. The molecule has 7 heteroatoms. The zero-order valence-electron chi connectivity index (χ0n) is 19.6. The first-order chi connectivity index (χ1) is 16.5. The maximum Gasteiger partial charge on any atom is 0.253 e. The summed E-state index contributed by atoms with van der Waals surface area (Å²) >= 11 is 0. The minimum atomic E-state index is -0.129. The van der Waals surface area contributed by atoms with E-state index in [0.717, 1.165) is 40.8 Å². The van der Waals surface area contributed by atoms with E-state index in [0.29, 0.717) is 25.1 Å². The number of carbonyl (C=O) groups excluding carboxylic acids is 2. The van der Waals surface area contributed by atoms with E-state index in [4.69, 9.17) is 5.10 Å². The average molecular weight is 456 g/mol. The van der Waals surface area contributed by atoms with Gasteiger partial charge in [-0.25, -0.2) is 0 Å². The van der Waals surface area contributed by atoms with E-state index in [-0.39, 0.29) is 23.8 Å². The number of likely N-dealkylation sites (N-methyl/N-ethyl adjacent to an activating group) is 1. The molecule has 0 saturated carbocycles. The number of aromatic nitrogens is 2. The fourth-order valence-electron chi connectivity index (χ4n) is 5.04. The molecule has 2 aromatic rings. The van der Waals surface area contributed by atoms with Gasteiger partial charge in [-0.2, -0.15) is 5.10 Å². The summed E-state index contributed by atoms with van der Waals surface area (Å²) in [5.74, 6) is 0.182. The van der Waals surface area contributed by atoms with Crippen LogP contribution in [-0.4, -0.2) is 44.8 Å². The average Bonchev–Trinajstić information content (AvgIpc) is 3.01. The van der Waals surface area contributed by atoms with Gasteiger partial charge < -0.3 is 10.2 Å². The summed E-state index contributed by atoms with van der Waals surface area (Å²) in [6, 6.07) is 5.93. The minimum Gasteiger partial charge on any atom is -0.334 e. The van der Waals surface area contributed by atoms with Gasteiger partial charge in [0.05, 0.1) is 29.5 Å². The Bertz CT molecular complexity index is 1290. The van der Waals surface area contributed by atoms with Crippen molar-refractivity contribution in [1.29, 1.82) is 0 Å². The summed E-state index contributed by atoms with van der Waals surface area (Å²) in [6.07, 6.45) is 15.8. The van der Waals surface area contributed by atoms with Gasteiger partial charge in [-0.1, -0.05) is 30.4 Å². The number of aryl methyl sites for hydroxylation is 1. The number of carbonyl (C=O) groups is 2. The number of amides is 2. The van der Waals surface area contributed by atoms with E-state index in [1.165, 1.54) is 0 Å². The molecule has 2 amide bonds. The van der Waals surface area contributed by atoms with Gasteiger partial charge in [0.25, 0.3) is 5.91 Å². The molecule has 2 unspecified atom stereocenters. The van der Waals surface area contributed by atoms with E-state index in [9.17, 15) is 9.59 Å². The number of hydrogen-bond acceptors (Lipinski definition) is 4. The molecule has 3 heterocycles. The highest BCUT2D eigenvalue weighted by molar-refractivity contribution is 6.09. The molecule has 174 valence electrons. The molecule has 2 atom stereocenters. The summed E-state index contributed by atoms with van der Waals surface area (Å²) < 4.78 is 1.96. The molecular formula is C27H29N5O2. The molecule has 7 nitrogen and oxygen atoms in total. The predicted octanol–water partition coefficient (Wildman–Crippen LogP) is 4.32. The monoisotopic (exact) mass is 455 g/mol. The number of benzene rings is 1. The zero-order chi connectivity index (χ0) is 23.7. The van der Waals surface area contributed by atoms with Crippen molar-refractivity contribution in [2.75, 3.05) is 11.9 Å². The van der Waals surface area contributed by atoms with Crippen LogP contribution in [0.2, 0.25) is 0 Å². The van der Waals surface area contributed by atoms with Gasteiger partial charge in [-0.3, -0.25) is 19.3 Å². The van der Waals surface area contributed by atoms with E-state index in [1.807, 2.05) is 65.9 Å². The summed E-state index contributed by atoms with van der Waals surface area (Å²) in [6.45, 7) is 5.23. The lowest BCUT2D eigenvalue weighted by Gasteiger charge is -2.32. The van der Waals surface area contributed by atoms with Gasteiger partial charge in [0.1, 0.15) is 0 Å². The molecule has 1 N–H and O–H groups in total. The Morgan fingerprint density at radius 1 is 1.24 bits per heavy atom. The van der Waals surface area contributed by atoms with E-state index in [1.54, 1.807) is 12.3 Å². The molecular weight excluding hydrogens is 426 g/mol. The van der Waals surface area contributed by atoms with Crippen molar-refractivity contribution in [3.63, 3.8) is 0 Å². The van der Waals surface area contributed by atoms with Crippen LogP contribution in [0, 0.1) is 12.8 Å². The summed E-state index contributed by atoms with van der Waals surface area (Å²) in [4.78, 5) is 31.9. The van der Waals surface area contributed by atoms with Crippen LogP contribution in [-0.2, 0) is 16.1 Å². The molecule has 0 saturated heterocycles. The van der Waals surface area contributed by atoms with Gasteiger partial charge in [-0.05, 0) is 57.4 Å². The number of nitrogens with one attached hydrogen (secondary N) is 1. The van der Waals surface area contributed by atoms with E-state index >= 15 is 0 Å². The van der Waals surface area contributed by atoms with E-state index < -0.39 is 0 Å². The number of rotatable bonds is 5. The zero-order valence-corrected chi connectivity index (χ0v) is 19.6. The lowest BCUT2D eigenvalue weighted by atomic mass is 9.93. The Balaban J connectivity index is 1.39. The minimum absolute atomic E-state index is 0.0472. The molecule has 1 aliphatic carbocycles.